The molecule has 0 spiro atoms. The largest absolute Gasteiger partial charge is 0.494 e. The van der Waals surface area contributed by atoms with E-state index in [1.165, 1.54) is 23.9 Å². The number of halogens is 1. The molecule has 0 fully saturated rings. The van der Waals surface area contributed by atoms with Crippen molar-refractivity contribution in [1.82, 2.24) is 9.55 Å². The molecule has 1 aliphatic rings. The van der Waals surface area contributed by atoms with Gasteiger partial charge in [0.25, 0.3) is 5.56 Å². The zero-order chi connectivity index (χ0) is 22.0. The summed E-state index contributed by atoms with van der Waals surface area (Å²) >= 11 is 1.36. The first kappa shape index (κ1) is 21.1. The Morgan fingerprint density at radius 3 is 2.74 bits per heavy atom. The average molecular weight is 440 g/mol. The van der Waals surface area contributed by atoms with Gasteiger partial charge in [-0.25, -0.2) is 4.39 Å². The number of anilines is 1. The molecule has 3 aromatic rings. The van der Waals surface area contributed by atoms with Crippen molar-refractivity contribution >= 4 is 23.5 Å². The highest BCUT2D eigenvalue weighted by Gasteiger charge is 2.32. The fraction of sp³-hybridized carbons (Fsp3) is 0.261. The van der Waals surface area contributed by atoms with E-state index >= 15 is 0 Å². The van der Waals surface area contributed by atoms with Gasteiger partial charge in [-0.3, -0.25) is 9.59 Å². The van der Waals surface area contributed by atoms with Crippen molar-refractivity contribution < 1.29 is 13.9 Å². The number of aromatic nitrogens is 2. The predicted octanol–water partition coefficient (Wildman–Crippen LogP) is 4.08. The Morgan fingerprint density at radius 1 is 1.23 bits per heavy atom. The molecule has 1 atom stereocenters. The second-order valence-electron chi connectivity index (χ2n) is 7.25. The van der Waals surface area contributed by atoms with E-state index in [1.807, 2.05) is 31.2 Å². The average Bonchev–Trinajstić information content (AvgIpc) is 2.76. The summed E-state index contributed by atoms with van der Waals surface area (Å²) in [7, 11) is 1.78. The van der Waals surface area contributed by atoms with Gasteiger partial charge in [-0.15, -0.1) is 0 Å². The lowest BCUT2D eigenvalue weighted by molar-refractivity contribution is -0.116. The Labute approximate surface area is 183 Å². The van der Waals surface area contributed by atoms with E-state index in [-0.39, 0.29) is 23.7 Å². The van der Waals surface area contributed by atoms with Gasteiger partial charge in [-0.2, -0.15) is 4.98 Å². The van der Waals surface area contributed by atoms with Crippen LogP contribution >= 0.6 is 11.8 Å². The summed E-state index contributed by atoms with van der Waals surface area (Å²) < 4.78 is 20.4. The van der Waals surface area contributed by atoms with Crippen molar-refractivity contribution in [2.24, 2.45) is 7.05 Å². The number of carbonyl (C=O) groups excluding carboxylic acids is 1. The molecule has 0 saturated carbocycles. The molecule has 4 rings (SSSR count). The number of nitrogens with zero attached hydrogens (tertiary/aromatic N) is 2. The Bertz CT molecular complexity index is 1180. The maximum Gasteiger partial charge on any atom is 0.279 e. The van der Waals surface area contributed by atoms with Gasteiger partial charge in [-0.05, 0) is 42.3 Å². The third kappa shape index (κ3) is 4.49. The van der Waals surface area contributed by atoms with Crippen molar-refractivity contribution in [1.29, 1.82) is 0 Å². The normalized spacial score (nSPS) is 15.3. The minimum atomic E-state index is -0.397. The van der Waals surface area contributed by atoms with E-state index in [1.54, 1.807) is 23.7 Å². The summed E-state index contributed by atoms with van der Waals surface area (Å²) in [5, 5.41) is 3.33. The minimum absolute atomic E-state index is 0.157. The molecule has 1 N–H and O–H groups in total. The van der Waals surface area contributed by atoms with Gasteiger partial charge in [0.05, 0.1) is 12.2 Å². The first-order chi connectivity index (χ1) is 15.0. The second-order valence-corrected chi connectivity index (χ2v) is 8.19. The van der Waals surface area contributed by atoms with Gasteiger partial charge in [0, 0.05) is 25.1 Å². The van der Waals surface area contributed by atoms with Crippen LogP contribution in [0.2, 0.25) is 0 Å². The Hall–Kier alpha value is -3.13. The van der Waals surface area contributed by atoms with Crippen molar-refractivity contribution in [2.45, 2.75) is 30.2 Å². The highest BCUT2D eigenvalue weighted by atomic mass is 32.2. The lowest BCUT2D eigenvalue weighted by atomic mass is 9.86. The number of thioether (sulfide) groups is 1. The van der Waals surface area contributed by atoms with Crippen molar-refractivity contribution in [3.8, 4) is 5.75 Å². The van der Waals surface area contributed by atoms with Crippen LogP contribution in [0, 0.1) is 5.82 Å². The van der Waals surface area contributed by atoms with Crippen LogP contribution in [-0.4, -0.2) is 22.1 Å². The molecule has 8 heteroatoms. The monoisotopic (exact) mass is 439 g/mol. The molecule has 2 aromatic carbocycles. The maximum absolute atomic E-state index is 13.1. The van der Waals surface area contributed by atoms with Crippen molar-refractivity contribution in [2.75, 3.05) is 11.9 Å². The highest BCUT2D eigenvalue weighted by molar-refractivity contribution is 7.98. The molecule has 0 unspecified atom stereocenters. The summed E-state index contributed by atoms with van der Waals surface area (Å²) in [4.78, 5) is 29.8. The van der Waals surface area contributed by atoms with Gasteiger partial charge in [0.2, 0.25) is 5.91 Å². The molecule has 6 nitrogen and oxygen atoms in total. The molecule has 1 amide bonds. The van der Waals surface area contributed by atoms with Gasteiger partial charge in [-0.1, -0.05) is 36.0 Å². The summed E-state index contributed by atoms with van der Waals surface area (Å²) in [5.41, 5.74) is 1.86. The Balaban J connectivity index is 1.69. The lowest BCUT2D eigenvalue weighted by Gasteiger charge is -2.27. The summed E-state index contributed by atoms with van der Waals surface area (Å²) in [6.45, 7) is 2.43. The van der Waals surface area contributed by atoms with Crippen molar-refractivity contribution in [3.05, 3.63) is 81.4 Å². The number of carbonyl (C=O) groups is 1. The number of ether oxygens (including phenoxy) is 1. The highest BCUT2D eigenvalue weighted by Crippen LogP contribution is 2.37. The van der Waals surface area contributed by atoms with Crippen LogP contribution in [-0.2, 0) is 17.6 Å². The molecule has 2 heterocycles. The maximum atomic E-state index is 13.1. The van der Waals surface area contributed by atoms with Crippen LogP contribution in [0.5, 0.6) is 5.75 Å². The molecule has 1 aliphatic heterocycles. The first-order valence-corrected chi connectivity index (χ1v) is 11.0. The van der Waals surface area contributed by atoms with Gasteiger partial charge in [0.1, 0.15) is 17.4 Å². The van der Waals surface area contributed by atoms with Crippen LogP contribution in [0.15, 0.2) is 58.5 Å². The quantitative estimate of drug-likeness (QED) is 0.463. The molecule has 1 aromatic heterocycles. The van der Waals surface area contributed by atoms with E-state index in [4.69, 9.17) is 4.74 Å². The zero-order valence-electron chi connectivity index (χ0n) is 17.2. The molecule has 160 valence electrons. The van der Waals surface area contributed by atoms with Crippen LogP contribution in [0.25, 0.3) is 0 Å². The fourth-order valence-electron chi connectivity index (χ4n) is 3.67. The smallest absolute Gasteiger partial charge is 0.279 e. The number of benzene rings is 2. The standard InChI is InChI=1S/C23H22FN3O3S/c1-3-30-17-6-4-5-15(11-17)18-12-19(28)25-21-20(18)22(29)26-23(27(21)2)31-13-14-7-9-16(24)10-8-14/h4-11,18H,3,12-13H2,1-2H3,(H,25,28)/t18-/m0/s1. The molecular weight excluding hydrogens is 417 g/mol. The summed E-state index contributed by atoms with van der Waals surface area (Å²) in [6.07, 6.45) is 0.168. The van der Waals surface area contributed by atoms with E-state index in [2.05, 4.69) is 10.3 Å². The van der Waals surface area contributed by atoms with Crippen LogP contribution in [0.3, 0.4) is 0 Å². The van der Waals surface area contributed by atoms with Crippen LogP contribution < -0.4 is 15.6 Å². The first-order valence-electron chi connectivity index (χ1n) is 9.97. The Morgan fingerprint density at radius 2 is 2.00 bits per heavy atom. The number of nitrogens with one attached hydrogen (secondary N) is 1. The third-order valence-corrected chi connectivity index (χ3v) is 6.25. The molecule has 31 heavy (non-hydrogen) atoms. The fourth-order valence-corrected chi connectivity index (χ4v) is 4.59. The van der Waals surface area contributed by atoms with Crippen LogP contribution in [0.4, 0.5) is 10.2 Å². The van der Waals surface area contributed by atoms with Gasteiger partial charge >= 0.3 is 0 Å². The van der Waals surface area contributed by atoms with E-state index < -0.39 is 5.92 Å². The SMILES string of the molecule is CCOc1cccc([C@@H]2CC(=O)Nc3c2c(=O)nc(SCc2ccc(F)cc2)n3C)c1. The second kappa shape index (κ2) is 8.93. The zero-order valence-corrected chi connectivity index (χ0v) is 18.0. The topological polar surface area (TPSA) is 73.2 Å². The lowest BCUT2D eigenvalue weighted by Crippen LogP contribution is -2.33. The minimum Gasteiger partial charge on any atom is -0.494 e. The van der Waals surface area contributed by atoms with E-state index in [0.717, 1.165) is 11.1 Å². The van der Waals surface area contributed by atoms with Crippen LogP contribution in [0.1, 0.15) is 36.0 Å². The number of hydrogen-bond donors (Lipinski definition) is 1. The number of fused-ring (bicyclic) bond motifs is 1. The number of rotatable bonds is 6. The molecule has 0 aliphatic carbocycles. The summed E-state index contributed by atoms with van der Waals surface area (Å²) in [6, 6.07) is 13.7. The predicted molar refractivity (Wildman–Crippen MR) is 118 cm³/mol. The molecule has 0 radical (unpaired) electrons. The summed E-state index contributed by atoms with van der Waals surface area (Å²) in [5.74, 6) is 0.831. The molecular formula is C23H22FN3O3S. The van der Waals surface area contributed by atoms with Gasteiger partial charge < -0.3 is 14.6 Å². The molecule has 0 bridgehead atoms. The van der Waals surface area contributed by atoms with Gasteiger partial charge in [0.15, 0.2) is 5.16 Å². The number of amides is 1. The number of hydrogen-bond acceptors (Lipinski definition) is 5. The third-order valence-electron chi connectivity index (χ3n) is 5.15. The van der Waals surface area contributed by atoms with E-state index in [9.17, 15) is 14.0 Å². The van der Waals surface area contributed by atoms with E-state index in [0.29, 0.717) is 34.6 Å². The van der Waals surface area contributed by atoms with Crippen molar-refractivity contribution in [3.63, 3.8) is 0 Å². The Kier molecular flexibility index (Phi) is 6.08. The molecule has 0 saturated heterocycles.